The average molecular weight is 275 g/mol. The van der Waals surface area contributed by atoms with E-state index in [0.29, 0.717) is 12.6 Å². The first-order chi connectivity index (χ1) is 9.67. The molecule has 1 aromatic carbocycles. The number of aromatic nitrogens is 3. The van der Waals surface area contributed by atoms with Gasteiger partial charge in [-0.05, 0) is 31.2 Å². The lowest BCUT2D eigenvalue weighted by Crippen LogP contribution is -2.24. The number of nitrogen functional groups attached to an aromatic ring is 1. The molecule has 1 aromatic heterocycles. The van der Waals surface area contributed by atoms with Gasteiger partial charge in [0.2, 0.25) is 11.9 Å². The molecule has 0 aliphatic rings. The average Bonchev–Trinajstić information content (AvgIpc) is 2.46. The predicted molar refractivity (Wildman–Crippen MR) is 75.8 cm³/mol. The molecule has 0 aliphatic carbocycles. The van der Waals surface area contributed by atoms with Crippen LogP contribution in [0.1, 0.15) is 6.92 Å². The number of nitrogens with two attached hydrogens (primary N) is 1. The van der Waals surface area contributed by atoms with Crippen molar-refractivity contribution in [1.29, 1.82) is 0 Å². The van der Waals surface area contributed by atoms with Crippen LogP contribution in [0.3, 0.4) is 0 Å². The normalized spacial score (nSPS) is 11.7. The van der Waals surface area contributed by atoms with Crippen LogP contribution >= 0.6 is 0 Å². The van der Waals surface area contributed by atoms with Crippen molar-refractivity contribution >= 4 is 11.9 Å². The Labute approximate surface area is 117 Å². The van der Waals surface area contributed by atoms with E-state index in [1.54, 1.807) is 7.11 Å². The van der Waals surface area contributed by atoms with E-state index in [-0.39, 0.29) is 12.0 Å². The molecule has 0 amide bonds. The van der Waals surface area contributed by atoms with E-state index >= 15 is 0 Å². The molecule has 0 bridgehead atoms. The first kappa shape index (κ1) is 13.9. The van der Waals surface area contributed by atoms with Crippen molar-refractivity contribution in [3.63, 3.8) is 0 Å². The van der Waals surface area contributed by atoms with Gasteiger partial charge in [-0.2, -0.15) is 4.98 Å². The third kappa shape index (κ3) is 3.98. The zero-order valence-electron chi connectivity index (χ0n) is 11.4. The Kier molecular flexibility index (Phi) is 4.54. The number of hydrogen-bond donors (Lipinski definition) is 2. The Morgan fingerprint density at radius 1 is 1.20 bits per heavy atom. The predicted octanol–water partition coefficient (Wildman–Crippen LogP) is 1.34. The highest BCUT2D eigenvalue weighted by Gasteiger charge is 2.06. The molecule has 0 spiro atoms. The van der Waals surface area contributed by atoms with Crippen LogP contribution in [0.5, 0.6) is 11.5 Å². The highest BCUT2D eigenvalue weighted by molar-refractivity contribution is 5.32. The molecule has 7 heteroatoms. The number of methoxy groups -OCH3 is 1. The van der Waals surface area contributed by atoms with Crippen LogP contribution in [0.25, 0.3) is 0 Å². The summed E-state index contributed by atoms with van der Waals surface area (Å²) >= 11 is 0. The Hall–Kier alpha value is -2.57. The number of benzene rings is 1. The fourth-order valence-corrected chi connectivity index (χ4v) is 1.53. The second-order valence-electron chi connectivity index (χ2n) is 4.20. The molecule has 1 heterocycles. The lowest BCUT2D eigenvalue weighted by atomic mass is 10.3. The first-order valence-corrected chi connectivity index (χ1v) is 6.15. The molecular formula is C13H17N5O2. The van der Waals surface area contributed by atoms with Crippen molar-refractivity contribution in [2.24, 2.45) is 0 Å². The van der Waals surface area contributed by atoms with Crippen LogP contribution in [0.2, 0.25) is 0 Å². The lowest BCUT2D eigenvalue weighted by Gasteiger charge is -2.15. The molecule has 0 aliphatic heterocycles. The minimum atomic E-state index is 0.0268. The molecule has 20 heavy (non-hydrogen) atoms. The Morgan fingerprint density at radius 3 is 2.55 bits per heavy atom. The Balaban J connectivity index is 1.83. The number of nitrogens with zero attached hydrogens (tertiary/aromatic N) is 3. The van der Waals surface area contributed by atoms with Crippen LogP contribution in [-0.2, 0) is 0 Å². The van der Waals surface area contributed by atoms with Crippen molar-refractivity contribution in [3.8, 4) is 11.5 Å². The maximum Gasteiger partial charge on any atom is 0.227 e. The number of nitrogens with one attached hydrogen (secondary N) is 1. The maximum absolute atomic E-state index is 5.65. The van der Waals surface area contributed by atoms with Gasteiger partial charge in [0, 0.05) is 0 Å². The summed E-state index contributed by atoms with van der Waals surface area (Å²) in [5.41, 5.74) is 5.48. The van der Waals surface area contributed by atoms with Crippen molar-refractivity contribution in [2.45, 2.75) is 13.0 Å². The van der Waals surface area contributed by atoms with Gasteiger partial charge in [0.05, 0.1) is 13.2 Å². The fraction of sp³-hybridized carbons (Fsp3) is 0.308. The summed E-state index contributed by atoms with van der Waals surface area (Å²) in [6.07, 6.45) is 1.36. The summed E-state index contributed by atoms with van der Waals surface area (Å²) in [6, 6.07) is 7.43. The van der Waals surface area contributed by atoms with Gasteiger partial charge in [-0.25, -0.2) is 9.97 Å². The molecule has 0 saturated heterocycles. The summed E-state index contributed by atoms with van der Waals surface area (Å²) in [5.74, 6) is 2.19. The fourth-order valence-electron chi connectivity index (χ4n) is 1.53. The van der Waals surface area contributed by atoms with Gasteiger partial charge < -0.3 is 20.5 Å². The lowest BCUT2D eigenvalue weighted by molar-refractivity contribution is 0.303. The van der Waals surface area contributed by atoms with Crippen LogP contribution in [-0.4, -0.2) is 34.7 Å². The van der Waals surface area contributed by atoms with Crippen LogP contribution in [0.4, 0.5) is 11.9 Å². The van der Waals surface area contributed by atoms with E-state index in [2.05, 4.69) is 20.3 Å². The molecular weight excluding hydrogens is 258 g/mol. The molecule has 0 saturated carbocycles. The zero-order valence-corrected chi connectivity index (χ0v) is 11.4. The number of anilines is 2. The van der Waals surface area contributed by atoms with Gasteiger partial charge >= 0.3 is 0 Å². The minimum Gasteiger partial charge on any atom is -0.497 e. The second-order valence-corrected chi connectivity index (χ2v) is 4.20. The third-order valence-corrected chi connectivity index (χ3v) is 2.53. The number of ether oxygens (including phenoxy) is 2. The highest BCUT2D eigenvalue weighted by Crippen LogP contribution is 2.17. The summed E-state index contributed by atoms with van der Waals surface area (Å²) < 4.78 is 10.7. The topological polar surface area (TPSA) is 95.2 Å². The summed E-state index contributed by atoms with van der Waals surface area (Å²) in [7, 11) is 1.63. The molecule has 2 aromatic rings. The molecule has 106 valence electrons. The monoisotopic (exact) mass is 275 g/mol. The molecule has 1 unspecified atom stereocenters. The van der Waals surface area contributed by atoms with E-state index in [0.717, 1.165) is 11.5 Å². The van der Waals surface area contributed by atoms with Gasteiger partial charge in [0.1, 0.15) is 24.4 Å². The highest BCUT2D eigenvalue weighted by atomic mass is 16.5. The standard InChI is InChI=1S/C13H17N5O2/c1-9(17-13-16-8-15-12(14)18-13)7-20-11-5-3-10(19-2)4-6-11/h3-6,8-9H,7H2,1-2H3,(H3,14,15,16,17,18). The van der Waals surface area contributed by atoms with Crippen LogP contribution in [0.15, 0.2) is 30.6 Å². The SMILES string of the molecule is COc1ccc(OCC(C)Nc2ncnc(N)n2)cc1. The smallest absolute Gasteiger partial charge is 0.227 e. The van der Waals surface area contributed by atoms with E-state index in [1.807, 2.05) is 31.2 Å². The van der Waals surface area contributed by atoms with E-state index in [1.165, 1.54) is 6.33 Å². The molecule has 0 radical (unpaired) electrons. The third-order valence-electron chi connectivity index (χ3n) is 2.53. The van der Waals surface area contributed by atoms with Gasteiger partial charge in [-0.1, -0.05) is 0 Å². The van der Waals surface area contributed by atoms with Gasteiger partial charge in [-0.15, -0.1) is 0 Å². The van der Waals surface area contributed by atoms with Gasteiger partial charge in [0.15, 0.2) is 0 Å². The first-order valence-electron chi connectivity index (χ1n) is 6.15. The molecule has 1 atom stereocenters. The van der Waals surface area contributed by atoms with E-state index in [9.17, 15) is 0 Å². The van der Waals surface area contributed by atoms with Gasteiger partial charge in [0.25, 0.3) is 0 Å². The zero-order chi connectivity index (χ0) is 14.4. The van der Waals surface area contributed by atoms with Gasteiger partial charge in [-0.3, -0.25) is 0 Å². The number of hydrogen-bond acceptors (Lipinski definition) is 7. The van der Waals surface area contributed by atoms with E-state index in [4.69, 9.17) is 15.2 Å². The van der Waals surface area contributed by atoms with Crippen molar-refractivity contribution in [3.05, 3.63) is 30.6 Å². The maximum atomic E-state index is 5.65. The molecule has 3 N–H and O–H groups in total. The van der Waals surface area contributed by atoms with E-state index < -0.39 is 0 Å². The molecule has 2 rings (SSSR count). The van der Waals surface area contributed by atoms with Crippen molar-refractivity contribution in [1.82, 2.24) is 15.0 Å². The number of rotatable bonds is 6. The van der Waals surface area contributed by atoms with Crippen LogP contribution < -0.4 is 20.5 Å². The molecule has 7 nitrogen and oxygen atoms in total. The Morgan fingerprint density at radius 2 is 1.90 bits per heavy atom. The second kappa shape index (κ2) is 6.55. The largest absolute Gasteiger partial charge is 0.497 e. The summed E-state index contributed by atoms with van der Waals surface area (Å²) in [4.78, 5) is 11.7. The quantitative estimate of drug-likeness (QED) is 0.821. The Bertz CT molecular complexity index is 547. The van der Waals surface area contributed by atoms with Crippen molar-refractivity contribution < 1.29 is 9.47 Å². The van der Waals surface area contributed by atoms with Crippen molar-refractivity contribution in [2.75, 3.05) is 24.8 Å². The summed E-state index contributed by atoms with van der Waals surface area (Å²) in [5, 5.41) is 3.08. The van der Waals surface area contributed by atoms with Crippen LogP contribution in [0, 0.1) is 0 Å². The summed E-state index contributed by atoms with van der Waals surface area (Å²) in [6.45, 7) is 2.43. The molecule has 0 fully saturated rings. The minimum absolute atomic E-state index is 0.0268.